The minimum atomic E-state index is -1.06. The zero-order valence-corrected chi connectivity index (χ0v) is 10.4. The summed E-state index contributed by atoms with van der Waals surface area (Å²) in [5, 5.41) is 27.0. The van der Waals surface area contributed by atoms with Gasteiger partial charge in [-0.3, -0.25) is 14.9 Å². The van der Waals surface area contributed by atoms with Gasteiger partial charge in [-0.05, 0) is 6.07 Å². The van der Waals surface area contributed by atoms with E-state index >= 15 is 0 Å². The predicted octanol–water partition coefficient (Wildman–Crippen LogP) is 0.811. The minimum Gasteiger partial charge on any atom is -0.494 e. The molecule has 0 fully saturated rings. The molecule has 0 saturated carbocycles. The monoisotopic (exact) mass is 278 g/mol. The third-order valence-corrected chi connectivity index (χ3v) is 2.55. The Morgan fingerprint density at radius 1 is 1.55 bits per heavy atom. The van der Waals surface area contributed by atoms with Crippen molar-refractivity contribution in [1.82, 2.24) is 15.0 Å². The zero-order valence-electron chi connectivity index (χ0n) is 10.4. The summed E-state index contributed by atoms with van der Waals surface area (Å²) >= 11 is 0. The third-order valence-electron chi connectivity index (χ3n) is 2.55. The Hall–Kier alpha value is -2.97. The van der Waals surface area contributed by atoms with E-state index in [4.69, 9.17) is 9.84 Å². The summed E-state index contributed by atoms with van der Waals surface area (Å²) in [6.07, 6.45) is 0.977. The van der Waals surface area contributed by atoms with Crippen molar-refractivity contribution in [2.75, 3.05) is 7.11 Å². The van der Waals surface area contributed by atoms with Crippen LogP contribution in [0.4, 0.5) is 5.69 Å². The van der Waals surface area contributed by atoms with Crippen LogP contribution in [-0.4, -0.2) is 38.1 Å². The molecule has 20 heavy (non-hydrogen) atoms. The normalized spacial score (nSPS) is 10.2. The highest BCUT2D eigenvalue weighted by Crippen LogP contribution is 2.27. The molecule has 0 radical (unpaired) electrons. The Bertz CT molecular complexity index is 667. The smallest absolute Gasteiger partial charge is 0.309 e. The fourth-order valence-electron chi connectivity index (χ4n) is 1.69. The van der Waals surface area contributed by atoms with E-state index < -0.39 is 10.9 Å². The number of carbonyl (C=O) groups is 1. The fourth-order valence-corrected chi connectivity index (χ4v) is 1.69. The first-order valence-corrected chi connectivity index (χ1v) is 5.47. The molecule has 0 unspecified atom stereocenters. The average Bonchev–Trinajstić information content (AvgIpc) is 2.85. The molecule has 1 aromatic carbocycles. The van der Waals surface area contributed by atoms with Gasteiger partial charge < -0.3 is 9.84 Å². The molecule has 0 atom stereocenters. The number of carboxylic acid groups (broad SMARTS) is 1. The van der Waals surface area contributed by atoms with E-state index in [9.17, 15) is 14.9 Å². The largest absolute Gasteiger partial charge is 0.494 e. The number of aliphatic carboxylic acids is 1. The summed E-state index contributed by atoms with van der Waals surface area (Å²) in [7, 11) is 1.40. The summed E-state index contributed by atoms with van der Waals surface area (Å²) in [5.74, 6) is -0.731. The molecule has 1 heterocycles. The second kappa shape index (κ2) is 5.34. The first kappa shape index (κ1) is 13.5. The van der Waals surface area contributed by atoms with Crippen LogP contribution in [0.5, 0.6) is 5.75 Å². The first-order chi connectivity index (χ1) is 9.52. The van der Waals surface area contributed by atoms with E-state index in [-0.39, 0.29) is 23.5 Å². The van der Waals surface area contributed by atoms with Gasteiger partial charge in [-0.1, -0.05) is 5.21 Å². The lowest BCUT2D eigenvalue weighted by Gasteiger charge is -2.09. The number of ether oxygens (including phenoxy) is 1. The molecule has 0 aliphatic rings. The van der Waals surface area contributed by atoms with Crippen molar-refractivity contribution in [2.45, 2.75) is 6.42 Å². The second-order valence-electron chi connectivity index (χ2n) is 3.82. The summed E-state index contributed by atoms with van der Waals surface area (Å²) in [6, 6.07) is 3.95. The zero-order chi connectivity index (χ0) is 14.7. The molecule has 1 N–H and O–H groups in total. The van der Waals surface area contributed by atoms with Crippen molar-refractivity contribution >= 4 is 11.7 Å². The molecular formula is C11H10N4O5. The molecule has 0 spiro atoms. The summed E-state index contributed by atoms with van der Waals surface area (Å²) in [6.45, 7) is 0. The molecular weight excluding hydrogens is 268 g/mol. The summed E-state index contributed by atoms with van der Waals surface area (Å²) in [5.41, 5.74) is 0.393. The molecule has 0 amide bonds. The highest BCUT2D eigenvalue weighted by molar-refractivity contribution is 5.70. The number of benzene rings is 1. The van der Waals surface area contributed by atoms with Gasteiger partial charge in [0.15, 0.2) is 0 Å². The Morgan fingerprint density at radius 3 is 2.90 bits per heavy atom. The second-order valence-corrected chi connectivity index (χ2v) is 3.82. The number of nitro benzene ring substituents is 1. The lowest BCUT2D eigenvalue weighted by molar-refractivity contribution is -0.384. The topological polar surface area (TPSA) is 120 Å². The summed E-state index contributed by atoms with van der Waals surface area (Å²) < 4.78 is 6.31. The van der Waals surface area contributed by atoms with Crippen molar-refractivity contribution in [3.8, 4) is 11.4 Å². The first-order valence-electron chi connectivity index (χ1n) is 5.47. The van der Waals surface area contributed by atoms with Crippen molar-refractivity contribution in [2.24, 2.45) is 0 Å². The van der Waals surface area contributed by atoms with Gasteiger partial charge in [-0.25, -0.2) is 4.68 Å². The molecule has 9 nitrogen and oxygen atoms in total. The predicted molar refractivity (Wildman–Crippen MR) is 65.9 cm³/mol. The highest BCUT2D eigenvalue weighted by atomic mass is 16.6. The molecule has 9 heteroatoms. The van der Waals surface area contributed by atoms with Crippen molar-refractivity contribution in [3.05, 3.63) is 40.2 Å². The number of non-ortho nitro benzene ring substituents is 1. The van der Waals surface area contributed by atoms with Crippen LogP contribution in [0.2, 0.25) is 0 Å². The van der Waals surface area contributed by atoms with E-state index in [0.717, 1.165) is 0 Å². The lowest BCUT2D eigenvalue weighted by atomic mass is 10.2. The van der Waals surface area contributed by atoms with Crippen LogP contribution in [-0.2, 0) is 11.2 Å². The number of methoxy groups -OCH3 is 1. The quantitative estimate of drug-likeness (QED) is 0.634. The molecule has 0 aliphatic heterocycles. The van der Waals surface area contributed by atoms with E-state index in [0.29, 0.717) is 5.75 Å². The molecule has 2 aromatic rings. The fraction of sp³-hybridized carbons (Fsp3) is 0.182. The minimum absolute atomic E-state index is 0.155. The Morgan fingerprint density at radius 2 is 2.30 bits per heavy atom. The van der Waals surface area contributed by atoms with Crippen LogP contribution in [0.3, 0.4) is 0 Å². The molecule has 0 aliphatic carbocycles. The number of aromatic nitrogens is 3. The van der Waals surface area contributed by atoms with E-state index in [1.54, 1.807) is 0 Å². The summed E-state index contributed by atoms with van der Waals surface area (Å²) in [4.78, 5) is 21.0. The van der Waals surface area contributed by atoms with Crippen LogP contribution in [0.1, 0.15) is 5.69 Å². The maximum atomic E-state index is 10.8. The van der Waals surface area contributed by atoms with E-state index in [1.165, 1.54) is 36.2 Å². The number of nitro groups is 1. The maximum Gasteiger partial charge on any atom is 0.309 e. The van der Waals surface area contributed by atoms with Crippen molar-refractivity contribution in [3.63, 3.8) is 0 Å². The Labute approximate surface area is 112 Å². The van der Waals surface area contributed by atoms with Gasteiger partial charge in [-0.2, -0.15) is 0 Å². The van der Waals surface area contributed by atoms with Gasteiger partial charge in [0, 0.05) is 12.1 Å². The SMILES string of the molecule is COc1ccc([N+](=O)[O-])cc1-n1nncc1CC(=O)O. The number of hydrogen-bond acceptors (Lipinski definition) is 6. The Kier molecular flexibility index (Phi) is 3.60. The number of carboxylic acids is 1. The molecule has 2 rings (SSSR count). The number of hydrogen-bond donors (Lipinski definition) is 1. The van der Waals surface area contributed by atoms with Crippen molar-refractivity contribution < 1.29 is 19.6 Å². The van der Waals surface area contributed by atoms with E-state index in [2.05, 4.69) is 10.3 Å². The van der Waals surface area contributed by atoms with Gasteiger partial charge in [0.2, 0.25) is 0 Å². The number of nitrogens with zero attached hydrogens (tertiary/aromatic N) is 4. The number of rotatable bonds is 5. The van der Waals surface area contributed by atoms with Gasteiger partial charge in [0.1, 0.15) is 11.4 Å². The lowest BCUT2D eigenvalue weighted by Crippen LogP contribution is -2.09. The van der Waals surface area contributed by atoms with Crippen molar-refractivity contribution in [1.29, 1.82) is 0 Å². The van der Waals surface area contributed by atoms with Gasteiger partial charge in [0.25, 0.3) is 5.69 Å². The van der Waals surface area contributed by atoms with Crippen LogP contribution < -0.4 is 4.74 Å². The van der Waals surface area contributed by atoms with Crippen LogP contribution in [0.15, 0.2) is 24.4 Å². The molecule has 0 bridgehead atoms. The van der Waals surface area contributed by atoms with Crippen LogP contribution in [0, 0.1) is 10.1 Å². The van der Waals surface area contributed by atoms with Gasteiger partial charge in [-0.15, -0.1) is 5.10 Å². The molecule has 0 saturated heterocycles. The maximum absolute atomic E-state index is 10.8. The highest BCUT2D eigenvalue weighted by Gasteiger charge is 2.17. The third kappa shape index (κ3) is 2.55. The standard InChI is InChI=1S/C11H10N4O5/c1-20-10-3-2-7(15(18)19)4-9(10)14-8(5-11(16)17)6-12-13-14/h2-4,6H,5H2,1H3,(H,16,17). The average molecular weight is 278 g/mol. The van der Waals surface area contributed by atoms with Crippen LogP contribution in [0.25, 0.3) is 5.69 Å². The Balaban J connectivity index is 2.55. The van der Waals surface area contributed by atoms with Crippen LogP contribution >= 0.6 is 0 Å². The molecule has 1 aromatic heterocycles. The van der Waals surface area contributed by atoms with E-state index in [1.807, 2.05) is 0 Å². The van der Waals surface area contributed by atoms with Gasteiger partial charge >= 0.3 is 5.97 Å². The van der Waals surface area contributed by atoms with Gasteiger partial charge in [0.05, 0.1) is 30.3 Å². The molecule has 104 valence electrons.